The van der Waals surface area contributed by atoms with E-state index >= 15 is 0 Å². The first-order valence-electron chi connectivity index (χ1n) is 11.3. The molecule has 0 aromatic carbocycles. The van der Waals surface area contributed by atoms with E-state index in [1.54, 1.807) is 18.2 Å². The third-order valence-corrected chi connectivity index (χ3v) is 9.84. The summed E-state index contributed by atoms with van der Waals surface area (Å²) in [5.74, 6) is -1.18. The van der Waals surface area contributed by atoms with Crippen LogP contribution in [0.5, 0.6) is 0 Å². The van der Waals surface area contributed by atoms with Crippen molar-refractivity contribution in [2.75, 3.05) is 20.8 Å². The van der Waals surface area contributed by atoms with Crippen LogP contribution < -0.4 is 0 Å². The van der Waals surface area contributed by atoms with Gasteiger partial charge in [0.2, 0.25) is 5.91 Å². The van der Waals surface area contributed by atoms with Gasteiger partial charge in [0.15, 0.2) is 5.41 Å². The number of hydrogen-bond donors (Lipinski definition) is 0. The molecule has 2 bridgehead atoms. The molecular formula is C24H31Br2NO5. The van der Waals surface area contributed by atoms with Crippen molar-refractivity contribution in [3.63, 3.8) is 0 Å². The third-order valence-electron chi connectivity index (χ3n) is 8.38. The molecule has 4 unspecified atom stereocenters. The second kappa shape index (κ2) is 8.99. The Hall–Kier alpha value is -0.990. The number of fused-ring (bicyclic) bond motifs is 3. The predicted molar refractivity (Wildman–Crippen MR) is 127 cm³/mol. The van der Waals surface area contributed by atoms with Crippen LogP contribution in [-0.4, -0.2) is 54.3 Å². The fourth-order valence-corrected chi connectivity index (χ4v) is 8.73. The third kappa shape index (κ3) is 3.47. The Morgan fingerprint density at radius 2 is 2.03 bits per heavy atom. The molecule has 3 fully saturated rings. The maximum atomic E-state index is 13.8. The number of ketones is 1. The Bertz CT molecular complexity index is 872. The molecule has 4 aliphatic rings. The van der Waals surface area contributed by atoms with Crippen molar-refractivity contribution < 1.29 is 23.9 Å². The van der Waals surface area contributed by atoms with Crippen LogP contribution in [0.1, 0.15) is 39.0 Å². The maximum Gasteiger partial charge on any atom is 0.321 e. The molecule has 1 aliphatic heterocycles. The molecule has 1 amide bonds. The van der Waals surface area contributed by atoms with Crippen molar-refractivity contribution in [2.24, 2.45) is 35.0 Å². The van der Waals surface area contributed by atoms with Gasteiger partial charge in [-0.2, -0.15) is 0 Å². The average Bonchev–Trinajstić information content (AvgIpc) is 3.04. The number of methoxy groups -OCH3 is 2. The number of carbonyl (C=O) groups is 3. The zero-order valence-corrected chi connectivity index (χ0v) is 22.0. The number of amides is 1. The minimum Gasteiger partial charge on any atom is -0.468 e. The van der Waals surface area contributed by atoms with Crippen LogP contribution >= 0.6 is 31.9 Å². The number of alkyl halides is 1. The highest BCUT2D eigenvalue weighted by Crippen LogP contribution is 2.60. The summed E-state index contributed by atoms with van der Waals surface area (Å²) in [6.07, 6.45) is 4.26. The van der Waals surface area contributed by atoms with E-state index in [2.05, 4.69) is 38.4 Å². The van der Waals surface area contributed by atoms with Crippen LogP contribution in [0.4, 0.5) is 0 Å². The van der Waals surface area contributed by atoms with Crippen LogP contribution in [0.3, 0.4) is 0 Å². The molecule has 4 rings (SSSR count). The smallest absolute Gasteiger partial charge is 0.321 e. The molecule has 1 heterocycles. The lowest BCUT2D eigenvalue weighted by atomic mass is 9.55. The molecule has 32 heavy (non-hydrogen) atoms. The van der Waals surface area contributed by atoms with Crippen LogP contribution in [0.2, 0.25) is 0 Å². The number of hydrogen-bond acceptors (Lipinski definition) is 5. The van der Waals surface area contributed by atoms with Crippen LogP contribution in [0.15, 0.2) is 22.8 Å². The van der Waals surface area contributed by atoms with Gasteiger partial charge in [-0.1, -0.05) is 44.0 Å². The van der Waals surface area contributed by atoms with Crippen molar-refractivity contribution >= 4 is 49.5 Å². The zero-order chi connectivity index (χ0) is 23.4. The summed E-state index contributed by atoms with van der Waals surface area (Å²) in [4.78, 5) is 42.4. The van der Waals surface area contributed by atoms with Crippen molar-refractivity contribution in [3.05, 3.63) is 22.8 Å². The fraction of sp³-hybridized carbons (Fsp3) is 0.708. The predicted octanol–water partition coefficient (Wildman–Crippen LogP) is 4.22. The van der Waals surface area contributed by atoms with E-state index < -0.39 is 23.2 Å². The minimum absolute atomic E-state index is 0.0108. The highest BCUT2D eigenvalue weighted by molar-refractivity contribution is 9.11. The number of Topliss-reactive ketones (excluding diaryl/α,β-unsaturated/α-hetero) is 1. The van der Waals surface area contributed by atoms with Gasteiger partial charge in [0, 0.05) is 53.3 Å². The number of esters is 1. The number of ether oxygens (including phenoxy) is 2. The molecule has 0 N–H and O–H groups in total. The molecule has 8 atom stereocenters. The van der Waals surface area contributed by atoms with Gasteiger partial charge in [-0.3, -0.25) is 14.4 Å². The summed E-state index contributed by atoms with van der Waals surface area (Å²) in [5.41, 5.74) is -0.205. The largest absolute Gasteiger partial charge is 0.468 e. The topological polar surface area (TPSA) is 72.9 Å². The molecule has 0 aromatic heterocycles. The van der Waals surface area contributed by atoms with Gasteiger partial charge in [0.05, 0.1) is 13.2 Å². The monoisotopic (exact) mass is 571 g/mol. The van der Waals surface area contributed by atoms with Gasteiger partial charge in [-0.15, -0.1) is 0 Å². The Labute approximate surface area is 206 Å². The first-order chi connectivity index (χ1) is 15.2. The summed E-state index contributed by atoms with van der Waals surface area (Å²) in [7, 11) is 3.05. The number of allylic oxidation sites excluding steroid dienone is 1. The summed E-state index contributed by atoms with van der Waals surface area (Å²) in [6, 6.07) is 0. The molecule has 8 heteroatoms. The molecular weight excluding hydrogens is 542 g/mol. The lowest BCUT2D eigenvalue weighted by Crippen LogP contribution is -2.58. The number of rotatable bonds is 4. The molecule has 6 nitrogen and oxygen atoms in total. The number of carbonyl (C=O) groups excluding carboxylic acids is 3. The van der Waals surface area contributed by atoms with E-state index in [1.165, 1.54) is 7.11 Å². The lowest BCUT2D eigenvalue weighted by Gasteiger charge is -2.47. The van der Waals surface area contributed by atoms with Crippen molar-refractivity contribution in [2.45, 2.75) is 50.0 Å². The van der Waals surface area contributed by atoms with Crippen LogP contribution in [0, 0.1) is 35.0 Å². The van der Waals surface area contributed by atoms with Crippen LogP contribution in [0.25, 0.3) is 0 Å². The highest BCUT2D eigenvalue weighted by Gasteiger charge is 2.65. The fourth-order valence-electron chi connectivity index (χ4n) is 7.03. The first-order valence-corrected chi connectivity index (χ1v) is 13.0. The van der Waals surface area contributed by atoms with E-state index in [9.17, 15) is 14.4 Å². The Kier molecular flexibility index (Phi) is 6.78. The van der Waals surface area contributed by atoms with Gasteiger partial charge < -0.3 is 14.4 Å². The zero-order valence-electron chi connectivity index (χ0n) is 18.8. The van der Waals surface area contributed by atoms with Gasteiger partial charge in [0.25, 0.3) is 0 Å². The first kappa shape index (κ1) is 24.1. The normalized spacial score (nSPS) is 41.8. The highest BCUT2D eigenvalue weighted by atomic mass is 79.9. The lowest BCUT2D eigenvalue weighted by molar-refractivity contribution is -0.174. The molecule has 0 radical (unpaired) electrons. The Balaban J connectivity index is 1.83. The van der Waals surface area contributed by atoms with Gasteiger partial charge in [-0.05, 0) is 44.4 Å². The van der Waals surface area contributed by atoms with Gasteiger partial charge in [0.1, 0.15) is 5.78 Å². The molecule has 176 valence electrons. The quantitative estimate of drug-likeness (QED) is 0.218. The van der Waals surface area contributed by atoms with E-state index in [-0.39, 0.29) is 53.2 Å². The van der Waals surface area contributed by atoms with Gasteiger partial charge >= 0.3 is 5.97 Å². The second-order valence-corrected chi connectivity index (χ2v) is 11.8. The van der Waals surface area contributed by atoms with Crippen molar-refractivity contribution in [3.8, 4) is 0 Å². The molecule has 0 saturated heterocycles. The minimum atomic E-state index is -1.35. The van der Waals surface area contributed by atoms with Crippen molar-refractivity contribution in [1.82, 2.24) is 4.90 Å². The summed E-state index contributed by atoms with van der Waals surface area (Å²) in [5, 5.41) is 0. The summed E-state index contributed by atoms with van der Waals surface area (Å²) >= 11 is 7.47. The van der Waals surface area contributed by atoms with Gasteiger partial charge in [-0.25, -0.2) is 0 Å². The van der Waals surface area contributed by atoms with E-state index in [4.69, 9.17) is 9.47 Å². The van der Waals surface area contributed by atoms with E-state index in [1.807, 2.05) is 6.92 Å². The summed E-state index contributed by atoms with van der Waals surface area (Å²) < 4.78 is 12.0. The van der Waals surface area contributed by atoms with Crippen molar-refractivity contribution in [1.29, 1.82) is 0 Å². The standard InChI is InChI=1S/C24H31Br2NO5/c1-5-27-11-13(25)9-16-19(18(28)6-7-24(16,22(27)29)23(30)32-4)15-10-14-12(2)8-17(26)20(15)21(14)31-3/h11,14-17,19-21H,2,5-10H2,1,3-4H3/t14-,15?,16-,17?,19+,20?,21?,24-/m0/s1. The van der Waals surface area contributed by atoms with E-state index in [0.29, 0.717) is 13.0 Å². The summed E-state index contributed by atoms with van der Waals surface area (Å²) in [6.45, 7) is 6.62. The second-order valence-electron chi connectivity index (χ2n) is 9.59. The molecule has 3 aliphatic carbocycles. The van der Waals surface area contributed by atoms with Crippen LogP contribution in [-0.2, 0) is 23.9 Å². The van der Waals surface area contributed by atoms with E-state index in [0.717, 1.165) is 22.9 Å². The maximum absolute atomic E-state index is 13.8. The number of halogens is 2. The average molecular weight is 573 g/mol. The Morgan fingerprint density at radius 3 is 2.66 bits per heavy atom. The molecule has 3 saturated carbocycles. The molecule has 0 aromatic rings. The number of nitrogens with zero attached hydrogens (tertiary/aromatic N) is 1. The molecule has 0 spiro atoms. The Morgan fingerprint density at radius 1 is 1.31 bits per heavy atom. The SMILES string of the molecule is C=C1CC(Br)C2C([C@H]3C(=O)CC[C@@]4(C(=O)OC)C(=O)N(CC)C=C(Br)C[C@@H]34)C[C@@H]1C2OC.